The minimum Gasteiger partial charge on any atom is -0.495 e. The van der Waals surface area contributed by atoms with Crippen LogP contribution in [0, 0.1) is 0 Å². The highest BCUT2D eigenvalue weighted by molar-refractivity contribution is 7.93. The molecular weight excluding hydrogens is 503 g/mol. The number of carbonyl (C=O) groups is 2. The van der Waals surface area contributed by atoms with Crippen LogP contribution in [0.3, 0.4) is 0 Å². The summed E-state index contributed by atoms with van der Waals surface area (Å²) in [6, 6.07) is 14.3. The normalized spacial score (nSPS) is 17.5. The van der Waals surface area contributed by atoms with E-state index in [0.29, 0.717) is 20.5 Å². The highest BCUT2D eigenvalue weighted by atomic mass is 35.5. The Labute approximate surface area is 205 Å². The van der Waals surface area contributed by atoms with Crippen molar-refractivity contribution in [3.63, 3.8) is 0 Å². The molecule has 0 radical (unpaired) electrons. The minimum atomic E-state index is -4.56. The number of anilines is 1. The summed E-state index contributed by atoms with van der Waals surface area (Å²) in [5, 5.41) is 12.8. The van der Waals surface area contributed by atoms with E-state index in [9.17, 15) is 23.1 Å². The maximum atomic E-state index is 14.0. The Morgan fingerprint density at radius 2 is 1.76 bits per heavy atom. The Morgan fingerprint density at radius 1 is 1.06 bits per heavy atom. The number of carboxylic acids is 1. The van der Waals surface area contributed by atoms with Crippen molar-refractivity contribution in [1.82, 2.24) is 5.32 Å². The summed E-state index contributed by atoms with van der Waals surface area (Å²) in [4.78, 5) is 25.0. The van der Waals surface area contributed by atoms with Crippen molar-refractivity contribution in [3.8, 4) is 5.75 Å². The van der Waals surface area contributed by atoms with Gasteiger partial charge in [-0.1, -0.05) is 41.4 Å². The number of amides is 1. The van der Waals surface area contributed by atoms with Crippen LogP contribution in [0.2, 0.25) is 10.0 Å². The third kappa shape index (κ3) is 3.43. The van der Waals surface area contributed by atoms with E-state index in [-0.39, 0.29) is 26.9 Å². The standard InChI is InChI=1S/C23H18Cl2N2O6S/c1-26-23(15-5-3-4-6-17(15)25)16-12-14(24)8-9-18(16)27(22(23)30)34(31,32)20-10-7-13(21(28)29)11-19(20)33-2/h3-12,26H,1-2H3,(H,28,29). The summed E-state index contributed by atoms with van der Waals surface area (Å²) in [5.41, 5.74) is -1.10. The number of likely N-dealkylation sites (N-methyl/N-ethyl adjacent to an activating group) is 1. The summed E-state index contributed by atoms with van der Waals surface area (Å²) < 4.78 is 33.5. The first-order valence-corrected chi connectivity index (χ1v) is 12.0. The Bertz CT molecular complexity index is 1440. The van der Waals surface area contributed by atoms with E-state index in [1.807, 2.05) is 0 Å². The van der Waals surface area contributed by atoms with Crippen molar-refractivity contribution in [3.05, 3.63) is 87.4 Å². The van der Waals surface area contributed by atoms with Gasteiger partial charge in [-0.15, -0.1) is 0 Å². The van der Waals surface area contributed by atoms with Crippen molar-refractivity contribution in [2.75, 3.05) is 18.5 Å². The number of hydrogen-bond acceptors (Lipinski definition) is 6. The van der Waals surface area contributed by atoms with E-state index < -0.39 is 27.4 Å². The van der Waals surface area contributed by atoms with Crippen LogP contribution in [0.5, 0.6) is 5.75 Å². The lowest BCUT2D eigenvalue weighted by Crippen LogP contribution is -2.51. The predicted octanol–water partition coefficient (Wildman–Crippen LogP) is 3.90. The molecule has 0 bridgehead atoms. The van der Waals surface area contributed by atoms with Crippen molar-refractivity contribution in [1.29, 1.82) is 0 Å². The molecule has 11 heteroatoms. The van der Waals surface area contributed by atoms with Gasteiger partial charge in [-0.2, -0.15) is 0 Å². The fourth-order valence-corrected chi connectivity index (χ4v) is 6.17. The molecule has 1 atom stereocenters. The maximum Gasteiger partial charge on any atom is 0.335 e. The first-order chi connectivity index (χ1) is 16.1. The van der Waals surface area contributed by atoms with Crippen LogP contribution in [0.15, 0.2) is 65.6 Å². The van der Waals surface area contributed by atoms with Gasteiger partial charge >= 0.3 is 5.97 Å². The molecule has 1 heterocycles. The zero-order valence-electron chi connectivity index (χ0n) is 17.9. The van der Waals surface area contributed by atoms with Crippen molar-refractivity contribution < 1.29 is 27.9 Å². The number of rotatable bonds is 6. The topological polar surface area (TPSA) is 113 Å². The number of carboxylic acid groups (broad SMARTS) is 1. The van der Waals surface area contributed by atoms with E-state index in [1.54, 1.807) is 24.3 Å². The Balaban J connectivity index is 2.01. The molecule has 0 saturated carbocycles. The van der Waals surface area contributed by atoms with Crippen LogP contribution >= 0.6 is 23.2 Å². The quantitative estimate of drug-likeness (QED) is 0.506. The van der Waals surface area contributed by atoms with E-state index in [4.69, 9.17) is 27.9 Å². The van der Waals surface area contributed by atoms with Gasteiger partial charge in [-0.25, -0.2) is 17.5 Å². The summed E-state index contributed by atoms with van der Waals surface area (Å²) in [6.07, 6.45) is 0. The van der Waals surface area contributed by atoms with E-state index >= 15 is 0 Å². The van der Waals surface area contributed by atoms with Crippen LogP contribution in [0.4, 0.5) is 5.69 Å². The summed E-state index contributed by atoms with van der Waals surface area (Å²) in [7, 11) is -1.83. The molecule has 176 valence electrons. The molecule has 4 rings (SSSR count). The van der Waals surface area contributed by atoms with Gasteiger partial charge in [0, 0.05) is 21.2 Å². The number of carbonyl (C=O) groups excluding carboxylic acids is 1. The average Bonchev–Trinajstić information content (AvgIpc) is 3.07. The zero-order chi connectivity index (χ0) is 24.8. The lowest BCUT2D eigenvalue weighted by Gasteiger charge is -2.29. The Morgan fingerprint density at radius 3 is 2.38 bits per heavy atom. The van der Waals surface area contributed by atoms with Crippen LogP contribution in [-0.4, -0.2) is 39.6 Å². The van der Waals surface area contributed by atoms with Gasteiger partial charge < -0.3 is 9.84 Å². The number of nitrogens with one attached hydrogen (secondary N) is 1. The lowest BCUT2D eigenvalue weighted by atomic mass is 9.84. The van der Waals surface area contributed by atoms with Crippen molar-refractivity contribution in [2.45, 2.75) is 10.4 Å². The summed E-state index contributed by atoms with van der Waals surface area (Å²) >= 11 is 12.7. The van der Waals surface area contributed by atoms with E-state index in [2.05, 4.69) is 5.32 Å². The highest BCUT2D eigenvalue weighted by Crippen LogP contribution is 2.49. The number of benzene rings is 3. The number of sulfonamides is 1. The van der Waals surface area contributed by atoms with Gasteiger partial charge in [-0.3, -0.25) is 10.1 Å². The minimum absolute atomic E-state index is 0.0769. The van der Waals surface area contributed by atoms with Gasteiger partial charge in [0.05, 0.1) is 18.4 Å². The molecule has 0 aromatic heterocycles. The molecule has 0 saturated heterocycles. The van der Waals surface area contributed by atoms with Crippen molar-refractivity contribution in [2.24, 2.45) is 0 Å². The van der Waals surface area contributed by atoms with Gasteiger partial charge in [-0.05, 0) is 49.5 Å². The van der Waals surface area contributed by atoms with Gasteiger partial charge in [0.25, 0.3) is 15.9 Å². The fourth-order valence-electron chi connectivity index (χ4n) is 4.12. The SMILES string of the molecule is CNC1(c2ccccc2Cl)C(=O)N(S(=O)(=O)c2ccc(C(=O)O)cc2OC)c2ccc(Cl)cc21. The van der Waals surface area contributed by atoms with Gasteiger partial charge in [0.1, 0.15) is 10.6 Å². The lowest BCUT2D eigenvalue weighted by molar-refractivity contribution is -0.121. The number of ether oxygens (including phenoxy) is 1. The average molecular weight is 521 g/mol. The molecule has 1 aliphatic heterocycles. The number of halogens is 2. The molecule has 3 aromatic rings. The molecule has 0 fully saturated rings. The molecule has 8 nitrogen and oxygen atoms in total. The molecule has 0 aliphatic carbocycles. The second-order valence-corrected chi connectivity index (χ2v) is 9.99. The summed E-state index contributed by atoms with van der Waals surface area (Å²) in [6.45, 7) is 0. The number of hydrogen-bond donors (Lipinski definition) is 2. The molecule has 0 spiro atoms. The predicted molar refractivity (Wildman–Crippen MR) is 127 cm³/mol. The van der Waals surface area contributed by atoms with Gasteiger partial charge in [0.15, 0.2) is 5.54 Å². The second-order valence-electron chi connectivity index (χ2n) is 7.39. The number of methoxy groups -OCH3 is 1. The highest BCUT2D eigenvalue weighted by Gasteiger charge is 2.56. The Kier molecular flexibility index (Phi) is 6.07. The van der Waals surface area contributed by atoms with Crippen LogP contribution in [0.25, 0.3) is 0 Å². The first kappa shape index (κ1) is 24.0. The van der Waals surface area contributed by atoms with Crippen LogP contribution in [0.1, 0.15) is 21.5 Å². The molecule has 1 aliphatic rings. The number of aromatic carboxylic acids is 1. The van der Waals surface area contributed by atoms with E-state index in [0.717, 1.165) is 18.2 Å². The molecule has 34 heavy (non-hydrogen) atoms. The smallest absolute Gasteiger partial charge is 0.335 e. The van der Waals surface area contributed by atoms with E-state index in [1.165, 1.54) is 32.4 Å². The largest absolute Gasteiger partial charge is 0.495 e. The molecule has 2 N–H and O–H groups in total. The third-order valence-electron chi connectivity index (χ3n) is 5.67. The third-order valence-corrected chi connectivity index (χ3v) is 7.97. The maximum absolute atomic E-state index is 14.0. The van der Waals surface area contributed by atoms with Gasteiger partial charge in [0.2, 0.25) is 0 Å². The molecular formula is C23H18Cl2N2O6S. The van der Waals surface area contributed by atoms with Crippen LogP contribution < -0.4 is 14.4 Å². The molecule has 3 aromatic carbocycles. The molecule has 1 amide bonds. The number of fused-ring (bicyclic) bond motifs is 1. The monoisotopic (exact) mass is 520 g/mol. The molecule has 1 unspecified atom stereocenters. The summed E-state index contributed by atoms with van der Waals surface area (Å²) in [5.74, 6) is -2.31. The number of nitrogens with zero attached hydrogens (tertiary/aromatic N) is 1. The van der Waals surface area contributed by atoms with Crippen LogP contribution in [-0.2, 0) is 20.4 Å². The zero-order valence-corrected chi connectivity index (χ0v) is 20.2. The Hall–Kier alpha value is -3.11. The first-order valence-electron chi connectivity index (χ1n) is 9.84. The van der Waals surface area contributed by atoms with Crippen molar-refractivity contribution >= 4 is 50.8 Å². The second kappa shape index (κ2) is 8.59. The fraction of sp³-hybridized carbons (Fsp3) is 0.130.